The summed E-state index contributed by atoms with van der Waals surface area (Å²) in [5, 5.41) is -0.0656. The lowest BCUT2D eigenvalue weighted by molar-refractivity contribution is -0.134. The largest absolute Gasteiger partial charge is 0.467 e. The number of hydrogen-bond acceptors (Lipinski definition) is 6. The van der Waals surface area contributed by atoms with Crippen molar-refractivity contribution in [3.05, 3.63) is 71.7 Å². The average Bonchev–Trinajstić information content (AvgIpc) is 3.18. The average molecular weight is 502 g/mol. The fourth-order valence-corrected chi connectivity index (χ4v) is 5.91. The highest BCUT2D eigenvalue weighted by molar-refractivity contribution is 7.90. The molecule has 5 rings (SSSR count). The summed E-state index contributed by atoms with van der Waals surface area (Å²) in [6.07, 6.45) is 6.43. The van der Waals surface area contributed by atoms with Gasteiger partial charge in [-0.1, -0.05) is 12.1 Å². The highest BCUT2D eigenvalue weighted by Gasteiger charge is 2.35. The maximum Gasteiger partial charge on any atom is 0.228 e. The molecule has 1 saturated carbocycles. The molecular formula is C25H28FN3O5S. The molecule has 1 aliphatic carbocycles. The van der Waals surface area contributed by atoms with Crippen molar-refractivity contribution in [2.24, 2.45) is 5.92 Å². The second-order valence-electron chi connectivity index (χ2n) is 9.21. The predicted octanol–water partition coefficient (Wildman–Crippen LogP) is 3.71. The van der Waals surface area contributed by atoms with Crippen LogP contribution >= 0.6 is 0 Å². The Kier molecular flexibility index (Phi) is 6.75. The first-order valence-electron chi connectivity index (χ1n) is 11.8. The van der Waals surface area contributed by atoms with E-state index in [9.17, 15) is 17.6 Å². The Balaban J connectivity index is 1.45. The number of hydrogen-bond donors (Lipinski definition) is 0. The first-order valence-corrected chi connectivity index (χ1v) is 13.5. The Bertz CT molecular complexity index is 1260. The maximum atomic E-state index is 13.4. The molecule has 35 heavy (non-hydrogen) atoms. The second kappa shape index (κ2) is 9.94. The number of benzene rings is 1. The highest BCUT2D eigenvalue weighted by Crippen LogP contribution is 2.32. The molecule has 0 bridgehead atoms. The van der Waals surface area contributed by atoms with Crippen LogP contribution in [0.5, 0.6) is 0 Å². The van der Waals surface area contributed by atoms with Crippen LogP contribution in [0.3, 0.4) is 0 Å². The van der Waals surface area contributed by atoms with Crippen LogP contribution < -0.4 is 0 Å². The molecule has 1 amide bonds. The number of nitrogens with zero attached hydrogens (tertiary/aromatic N) is 3. The summed E-state index contributed by atoms with van der Waals surface area (Å²) >= 11 is 0. The molecule has 1 saturated heterocycles. The van der Waals surface area contributed by atoms with Crippen molar-refractivity contribution in [2.45, 2.75) is 62.3 Å². The van der Waals surface area contributed by atoms with Crippen molar-refractivity contribution < 1.29 is 26.8 Å². The minimum absolute atomic E-state index is 0.00109. The van der Waals surface area contributed by atoms with Gasteiger partial charge in [-0.25, -0.2) is 17.8 Å². The number of aromatic nitrogens is 2. The van der Waals surface area contributed by atoms with Crippen molar-refractivity contribution in [3.8, 4) is 0 Å². The third kappa shape index (κ3) is 5.65. The summed E-state index contributed by atoms with van der Waals surface area (Å²) in [4.78, 5) is 19.0. The van der Waals surface area contributed by atoms with E-state index in [2.05, 4.69) is 4.98 Å². The Morgan fingerprint density at radius 3 is 2.60 bits per heavy atom. The van der Waals surface area contributed by atoms with E-state index < -0.39 is 15.7 Å². The first-order chi connectivity index (χ1) is 16.9. The zero-order chi connectivity index (χ0) is 24.4. The Morgan fingerprint density at radius 2 is 1.94 bits per heavy atom. The molecule has 1 aromatic carbocycles. The molecule has 1 atom stereocenters. The van der Waals surface area contributed by atoms with Gasteiger partial charge in [0.05, 0.1) is 49.6 Å². The van der Waals surface area contributed by atoms with Crippen LogP contribution in [0.25, 0.3) is 0 Å². The maximum absolute atomic E-state index is 13.4. The molecule has 3 aromatic rings. The van der Waals surface area contributed by atoms with E-state index >= 15 is 0 Å². The second-order valence-corrected chi connectivity index (χ2v) is 11.1. The molecule has 186 valence electrons. The number of furan rings is 1. The van der Waals surface area contributed by atoms with Crippen LogP contribution in [0.15, 0.2) is 58.4 Å². The SMILES string of the molecule is O=C(C1CC1)N(Cc1ccco1)Cc1cnc(S(=O)(=O)Cc2ccc(F)cc2)n1C[C@@H]1CCCO1. The summed E-state index contributed by atoms with van der Waals surface area (Å²) in [7, 11) is -3.84. The van der Waals surface area contributed by atoms with E-state index in [0.717, 1.165) is 25.7 Å². The van der Waals surface area contributed by atoms with E-state index in [1.807, 2.05) is 6.07 Å². The molecule has 3 heterocycles. The molecular weight excluding hydrogens is 473 g/mol. The molecule has 0 N–H and O–H groups in total. The summed E-state index contributed by atoms with van der Waals surface area (Å²) < 4.78 is 53.0. The summed E-state index contributed by atoms with van der Waals surface area (Å²) in [6, 6.07) is 8.99. The molecule has 0 radical (unpaired) electrons. The van der Waals surface area contributed by atoms with Crippen LogP contribution in [0, 0.1) is 11.7 Å². The summed E-state index contributed by atoms with van der Waals surface area (Å²) in [5.74, 6) is -0.0337. The molecule has 2 fully saturated rings. The van der Waals surface area contributed by atoms with Crippen molar-refractivity contribution in [1.82, 2.24) is 14.5 Å². The van der Waals surface area contributed by atoms with Gasteiger partial charge in [-0.15, -0.1) is 0 Å². The van der Waals surface area contributed by atoms with Crippen LogP contribution in [0.4, 0.5) is 4.39 Å². The Labute approximate surface area is 203 Å². The van der Waals surface area contributed by atoms with E-state index in [-0.39, 0.29) is 35.4 Å². The lowest BCUT2D eigenvalue weighted by Crippen LogP contribution is -2.33. The predicted molar refractivity (Wildman–Crippen MR) is 124 cm³/mol. The number of amides is 1. The summed E-state index contributed by atoms with van der Waals surface area (Å²) in [6.45, 7) is 1.48. The Hall–Kier alpha value is -2.98. The lowest BCUT2D eigenvalue weighted by Gasteiger charge is -2.23. The zero-order valence-electron chi connectivity index (χ0n) is 19.3. The number of carbonyl (C=O) groups excluding carboxylic acids is 1. The van der Waals surface area contributed by atoms with E-state index in [1.165, 1.54) is 30.5 Å². The van der Waals surface area contributed by atoms with Crippen molar-refractivity contribution in [2.75, 3.05) is 6.61 Å². The van der Waals surface area contributed by atoms with Crippen LogP contribution in [0.1, 0.15) is 42.7 Å². The lowest BCUT2D eigenvalue weighted by atomic mass is 10.2. The minimum atomic E-state index is -3.84. The van der Waals surface area contributed by atoms with Crippen LogP contribution in [-0.4, -0.2) is 41.5 Å². The van der Waals surface area contributed by atoms with Gasteiger partial charge in [0.2, 0.25) is 20.9 Å². The van der Waals surface area contributed by atoms with Crippen molar-refractivity contribution in [3.63, 3.8) is 0 Å². The van der Waals surface area contributed by atoms with E-state index in [0.29, 0.717) is 36.7 Å². The van der Waals surface area contributed by atoms with Crippen LogP contribution in [0.2, 0.25) is 0 Å². The fourth-order valence-electron chi connectivity index (χ4n) is 4.40. The third-order valence-electron chi connectivity index (χ3n) is 6.38. The smallest absolute Gasteiger partial charge is 0.228 e. The molecule has 8 nitrogen and oxygen atoms in total. The molecule has 2 aromatic heterocycles. The number of sulfone groups is 1. The highest BCUT2D eigenvalue weighted by atomic mass is 32.2. The minimum Gasteiger partial charge on any atom is -0.467 e. The van der Waals surface area contributed by atoms with Gasteiger partial charge in [0.15, 0.2) is 0 Å². The number of imidazole rings is 1. The van der Waals surface area contributed by atoms with Gasteiger partial charge in [0.1, 0.15) is 11.6 Å². The molecule has 0 unspecified atom stereocenters. The quantitative estimate of drug-likeness (QED) is 0.420. The van der Waals surface area contributed by atoms with Crippen molar-refractivity contribution in [1.29, 1.82) is 0 Å². The third-order valence-corrected chi connectivity index (χ3v) is 7.97. The van der Waals surface area contributed by atoms with Gasteiger partial charge >= 0.3 is 0 Å². The monoisotopic (exact) mass is 501 g/mol. The summed E-state index contributed by atoms with van der Waals surface area (Å²) in [5.41, 5.74) is 1.10. The van der Waals surface area contributed by atoms with Gasteiger partial charge in [-0.2, -0.15) is 0 Å². The van der Waals surface area contributed by atoms with Gasteiger partial charge in [0.25, 0.3) is 0 Å². The Morgan fingerprint density at radius 1 is 1.14 bits per heavy atom. The molecule has 0 spiro atoms. The number of carbonyl (C=O) groups is 1. The van der Waals surface area contributed by atoms with E-state index in [4.69, 9.17) is 9.15 Å². The fraction of sp³-hybridized carbons (Fsp3) is 0.440. The molecule has 10 heteroatoms. The van der Waals surface area contributed by atoms with Crippen molar-refractivity contribution >= 4 is 15.7 Å². The normalized spacial score (nSPS) is 18.1. The standard InChI is InChI=1S/C25H28FN3O5S/c26-20-9-5-18(6-10-20)17-35(31,32)25-27-13-21(29(25)16-23-4-2-12-34-23)14-28(24(30)19-7-8-19)15-22-3-1-11-33-22/h1,3,5-6,9-11,13,19,23H,2,4,7-8,12,14-17H2/t23-/m0/s1. The van der Waals surface area contributed by atoms with Gasteiger partial charge in [-0.05, 0) is 55.5 Å². The van der Waals surface area contributed by atoms with Gasteiger partial charge < -0.3 is 18.6 Å². The molecule has 2 aliphatic rings. The number of halogens is 1. The zero-order valence-corrected chi connectivity index (χ0v) is 20.1. The first kappa shape index (κ1) is 23.7. The topological polar surface area (TPSA) is 94.6 Å². The van der Waals surface area contributed by atoms with Gasteiger partial charge in [-0.3, -0.25) is 4.79 Å². The number of ether oxygens (including phenoxy) is 1. The number of rotatable bonds is 10. The molecule has 1 aliphatic heterocycles. The van der Waals surface area contributed by atoms with Gasteiger partial charge in [0, 0.05) is 12.5 Å². The van der Waals surface area contributed by atoms with E-state index in [1.54, 1.807) is 21.8 Å². The van der Waals surface area contributed by atoms with Crippen LogP contribution in [-0.2, 0) is 44.8 Å².